The SMILES string of the molecule is CCCCCCCCCCCCCCCCCCCCC(=O)OC[C@H](COP(=O)(O)OC[C@@H](O)COP(=O)(O)OC[C@@H](COC(=O)CCCCCCCCCCC(C)CC)OC(=O)CCCCCCCCCCCCC(C)C)OC(=O)CCCCCCCCCCCCCCCCCCCC. The molecule has 3 N–H and O–H groups in total. The van der Waals surface area contributed by atoms with Crippen molar-refractivity contribution >= 4 is 39.5 Å². The van der Waals surface area contributed by atoms with Gasteiger partial charge in [0.2, 0.25) is 0 Å². The molecule has 0 bridgehead atoms. The lowest BCUT2D eigenvalue weighted by molar-refractivity contribution is -0.161. The standard InChI is InChI=1S/C82H160O17P2/c1-7-10-12-14-16-18-20-22-24-26-28-30-32-34-39-46-52-58-64-79(84)92-70-77(98-81(86)66-60-54-48-40-35-33-31-29-27-25-23-21-19-17-15-13-11-8-2)72-96-100(88,89)94-68-76(83)69-95-101(90,91)97-73-78(71-93-80(85)65-59-53-47-43-42-45-51-57-63-75(6)9-3)99-82(87)67-61-55-49-41-37-36-38-44-50-56-62-74(4)5/h74-78,83H,7-73H2,1-6H3,(H,88,89)(H,90,91)/t75?,76-,77-,78-/m1/s1. The van der Waals surface area contributed by atoms with Gasteiger partial charge in [0.25, 0.3) is 0 Å². The summed E-state index contributed by atoms with van der Waals surface area (Å²) in [4.78, 5) is 73.1. The average Bonchev–Trinajstić information content (AvgIpc) is 0.933. The van der Waals surface area contributed by atoms with Crippen LogP contribution in [0.25, 0.3) is 0 Å². The highest BCUT2D eigenvalue weighted by Crippen LogP contribution is 2.45. The van der Waals surface area contributed by atoms with E-state index < -0.39 is 97.5 Å². The summed E-state index contributed by atoms with van der Waals surface area (Å²) < 4.78 is 68.8. The van der Waals surface area contributed by atoms with Crippen LogP contribution < -0.4 is 0 Å². The van der Waals surface area contributed by atoms with Crippen LogP contribution in [0.5, 0.6) is 0 Å². The van der Waals surface area contributed by atoms with E-state index in [1.54, 1.807) is 0 Å². The minimum Gasteiger partial charge on any atom is -0.462 e. The van der Waals surface area contributed by atoms with E-state index in [2.05, 4.69) is 41.5 Å². The van der Waals surface area contributed by atoms with E-state index in [1.807, 2.05) is 0 Å². The summed E-state index contributed by atoms with van der Waals surface area (Å²) in [5, 5.41) is 10.7. The van der Waals surface area contributed by atoms with Crippen LogP contribution in [0.15, 0.2) is 0 Å². The van der Waals surface area contributed by atoms with E-state index in [1.165, 1.54) is 250 Å². The van der Waals surface area contributed by atoms with Crippen LogP contribution in [-0.4, -0.2) is 96.7 Å². The maximum atomic E-state index is 13.1. The van der Waals surface area contributed by atoms with Crippen LogP contribution >= 0.6 is 15.6 Å². The van der Waals surface area contributed by atoms with Crippen LogP contribution in [0, 0.1) is 11.8 Å². The van der Waals surface area contributed by atoms with Crippen LogP contribution in [-0.2, 0) is 65.4 Å². The van der Waals surface area contributed by atoms with Crippen molar-refractivity contribution in [3.63, 3.8) is 0 Å². The monoisotopic (exact) mass is 1480 g/mol. The fourth-order valence-corrected chi connectivity index (χ4v) is 14.3. The molecule has 0 saturated carbocycles. The molecule has 3 unspecified atom stereocenters. The lowest BCUT2D eigenvalue weighted by atomic mass is 9.99. The Kier molecular flexibility index (Phi) is 72.2. The Balaban J connectivity index is 5.25. The quantitative estimate of drug-likeness (QED) is 0.0222. The number of aliphatic hydroxyl groups excluding tert-OH is 1. The smallest absolute Gasteiger partial charge is 0.462 e. The van der Waals surface area contributed by atoms with Gasteiger partial charge in [-0.3, -0.25) is 37.3 Å². The Labute approximate surface area is 619 Å². The van der Waals surface area contributed by atoms with Gasteiger partial charge in [-0.1, -0.05) is 382 Å². The molecular weight excluding hydrogens is 1320 g/mol. The summed E-state index contributed by atoms with van der Waals surface area (Å²) in [6, 6.07) is 0. The summed E-state index contributed by atoms with van der Waals surface area (Å²) in [5.74, 6) is -0.578. The van der Waals surface area contributed by atoms with Crippen molar-refractivity contribution in [3.8, 4) is 0 Å². The summed E-state index contributed by atoms with van der Waals surface area (Å²) in [5.41, 5.74) is 0. The first-order chi connectivity index (χ1) is 48.9. The molecule has 0 aromatic rings. The number of hydrogen-bond donors (Lipinski definition) is 3. The predicted molar refractivity (Wildman–Crippen MR) is 414 cm³/mol. The van der Waals surface area contributed by atoms with E-state index in [-0.39, 0.29) is 25.7 Å². The number of phosphoric acid groups is 2. The van der Waals surface area contributed by atoms with E-state index >= 15 is 0 Å². The maximum Gasteiger partial charge on any atom is 0.472 e. The molecule has 0 aliphatic heterocycles. The Morgan fingerprint density at radius 1 is 0.287 bits per heavy atom. The molecule has 0 amide bonds. The van der Waals surface area contributed by atoms with Gasteiger partial charge in [0.1, 0.15) is 19.3 Å². The van der Waals surface area contributed by atoms with E-state index in [0.717, 1.165) is 102 Å². The fraction of sp³-hybridized carbons (Fsp3) is 0.951. The summed E-state index contributed by atoms with van der Waals surface area (Å²) in [6.07, 6.45) is 63.8. The molecule has 600 valence electrons. The van der Waals surface area contributed by atoms with E-state index in [9.17, 15) is 43.2 Å². The number of esters is 4. The molecule has 6 atom stereocenters. The number of phosphoric ester groups is 2. The van der Waals surface area contributed by atoms with Crippen molar-refractivity contribution in [2.45, 2.75) is 452 Å². The van der Waals surface area contributed by atoms with Crippen molar-refractivity contribution in [2.75, 3.05) is 39.6 Å². The van der Waals surface area contributed by atoms with E-state index in [0.29, 0.717) is 25.7 Å². The first-order valence-electron chi connectivity index (χ1n) is 42.5. The zero-order chi connectivity index (χ0) is 74.2. The number of rotatable bonds is 81. The Morgan fingerprint density at radius 2 is 0.505 bits per heavy atom. The number of ether oxygens (including phenoxy) is 4. The molecule has 0 fully saturated rings. The summed E-state index contributed by atoms with van der Waals surface area (Å²) in [7, 11) is -9.92. The van der Waals surface area contributed by atoms with Crippen LogP contribution in [0.2, 0.25) is 0 Å². The molecule has 0 aliphatic carbocycles. The first kappa shape index (κ1) is 99.1. The van der Waals surface area contributed by atoms with Crippen molar-refractivity contribution in [1.82, 2.24) is 0 Å². The molecule has 101 heavy (non-hydrogen) atoms. The third-order valence-electron chi connectivity index (χ3n) is 19.6. The van der Waals surface area contributed by atoms with Gasteiger partial charge in [0, 0.05) is 25.7 Å². The third kappa shape index (κ3) is 74.7. The van der Waals surface area contributed by atoms with Crippen LogP contribution in [0.3, 0.4) is 0 Å². The normalized spacial score (nSPS) is 14.2. The van der Waals surface area contributed by atoms with Crippen LogP contribution in [0.1, 0.15) is 433 Å². The largest absolute Gasteiger partial charge is 0.472 e. The minimum atomic E-state index is -4.96. The average molecular weight is 1480 g/mol. The topological polar surface area (TPSA) is 237 Å². The van der Waals surface area contributed by atoms with Gasteiger partial charge in [-0.05, 0) is 37.5 Å². The molecule has 0 aromatic carbocycles. The highest BCUT2D eigenvalue weighted by atomic mass is 31.2. The summed E-state index contributed by atoms with van der Waals surface area (Å²) >= 11 is 0. The van der Waals surface area contributed by atoms with Gasteiger partial charge in [0.05, 0.1) is 26.4 Å². The van der Waals surface area contributed by atoms with Gasteiger partial charge in [-0.2, -0.15) is 0 Å². The minimum absolute atomic E-state index is 0.106. The lowest BCUT2D eigenvalue weighted by Gasteiger charge is -2.21. The Bertz CT molecular complexity index is 1940. The van der Waals surface area contributed by atoms with Gasteiger partial charge in [-0.15, -0.1) is 0 Å². The number of hydrogen-bond acceptors (Lipinski definition) is 15. The van der Waals surface area contributed by atoms with Gasteiger partial charge < -0.3 is 33.8 Å². The maximum absolute atomic E-state index is 13.1. The number of aliphatic hydroxyl groups is 1. The molecule has 19 heteroatoms. The molecule has 0 rings (SSSR count). The molecule has 0 aliphatic rings. The van der Waals surface area contributed by atoms with Crippen molar-refractivity contribution < 1.29 is 80.2 Å². The van der Waals surface area contributed by atoms with Crippen molar-refractivity contribution in [3.05, 3.63) is 0 Å². The van der Waals surface area contributed by atoms with E-state index in [4.69, 9.17) is 37.0 Å². The van der Waals surface area contributed by atoms with Gasteiger partial charge in [-0.25, -0.2) is 9.13 Å². The lowest BCUT2D eigenvalue weighted by Crippen LogP contribution is -2.30. The number of carbonyl (C=O) groups is 4. The molecule has 0 spiro atoms. The fourth-order valence-electron chi connectivity index (χ4n) is 12.7. The second kappa shape index (κ2) is 73.6. The molecule has 0 saturated heterocycles. The second-order valence-corrected chi connectivity index (χ2v) is 33.1. The molecule has 0 aromatic heterocycles. The first-order valence-corrected chi connectivity index (χ1v) is 45.5. The summed E-state index contributed by atoms with van der Waals surface area (Å²) in [6.45, 7) is 9.64. The Morgan fingerprint density at radius 3 is 0.752 bits per heavy atom. The van der Waals surface area contributed by atoms with Gasteiger partial charge >= 0.3 is 39.5 Å². The number of carbonyl (C=O) groups excluding carboxylic acids is 4. The van der Waals surface area contributed by atoms with Crippen LogP contribution in [0.4, 0.5) is 0 Å². The van der Waals surface area contributed by atoms with Crippen molar-refractivity contribution in [2.24, 2.45) is 11.8 Å². The van der Waals surface area contributed by atoms with Crippen molar-refractivity contribution in [1.29, 1.82) is 0 Å². The van der Waals surface area contributed by atoms with Gasteiger partial charge in [0.15, 0.2) is 12.2 Å². The highest BCUT2D eigenvalue weighted by Gasteiger charge is 2.30. The molecular formula is C82H160O17P2. The molecule has 0 heterocycles. The highest BCUT2D eigenvalue weighted by molar-refractivity contribution is 7.47. The molecule has 17 nitrogen and oxygen atoms in total. The molecule has 0 radical (unpaired) electrons. The second-order valence-electron chi connectivity index (χ2n) is 30.2. The zero-order valence-corrected chi connectivity index (χ0v) is 68.0. The number of unbranched alkanes of at least 4 members (excludes halogenated alkanes) is 50. The zero-order valence-electron chi connectivity index (χ0n) is 66.2. The predicted octanol–water partition coefficient (Wildman–Crippen LogP) is 24.7. The third-order valence-corrected chi connectivity index (χ3v) is 21.5. The Hall–Kier alpha value is -1.94.